The van der Waals surface area contributed by atoms with E-state index < -0.39 is 0 Å². The molecule has 2 rings (SSSR count). The SMILES string of the molecule is CCc1c(-c2c(C)cc(C)cc2OC)[nH]cnc1=S. The number of hydrogen-bond acceptors (Lipinski definition) is 3. The first-order valence-corrected chi connectivity index (χ1v) is 6.71. The lowest BCUT2D eigenvalue weighted by atomic mass is 9.98. The number of nitrogens with zero attached hydrogens (tertiary/aromatic N) is 1. The summed E-state index contributed by atoms with van der Waals surface area (Å²) in [7, 11) is 1.69. The van der Waals surface area contributed by atoms with E-state index in [0.29, 0.717) is 4.64 Å². The van der Waals surface area contributed by atoms with Crippen LogP contribution < -0.4 is 4.74 Å². The minimum absolute atomic E-state index is 0.651. The van der Waals surface area contributed by atoms with Crippen LogP contribution in [0.15, 0.2) is 18.5 Å². The molecule has 0 amide bonds. The summed E-state index contributed by atoms with van der Waals surface area (Å²) < 4.78 is 6.18. The minimum Gasteiger partial charge on any atom is -0.496 e. The maximum atomic E-state index is 5.53. The summed E-state index contributed by atoms with van der Waals surface area (Å²) in [4.78, 5) is 7.38. The molecule has 0 bridgehead atoms. The highest BCUT2D eigenvalue weighted by Gasteiger charge is 2.14. The standard InChI is InChI=1S/C15H18N2OS/c1-5-11-14(16-8-17-15(11)19)13-10(3)6-9(2)7-12(13)18-4/h6-8H,5H2,1-4H3,(H,16,17,19). The first-order valence-electron chi connectivity index (χ1n) is 6.30. The topological polar surface area (TPSA) is 37.9 Å². The van der Waals surface area contributed by atoms with Gasteiger partial charge in [-0.15, -0.1) is 0 Å². The van der Waals surface area contributed by atoms with E-state index >= 15 is 0 Å². The number of aryl methyl sites for hydroxylation is 2. The lowest BCUT2D eigenvalue weighted by Gasteiger charge is -2.15. The Hall–Kier alpha value is -1.68. The van der Waals surface area contributed by atoms with Crippen molar-refractivity contribution in [3.05, 3.63) is 39.8 Å². The Balaban J connectivity index is 2.79. The van der Waals surface area contributed by atoms with E-state index in [0.717, 1.165) is 29.0 Å². The molecule has 19 heavy (non-hydrogen) atoms. The number of aromatic amines is 1. The van der Waals surface area contributed by atoms with Crippen LogP contribution in [0.1, 0.15) is 23.6 Å². The number of methoxy groups -OCH3 is 1. The summed E-state index contributed by atoms with van der Waals surface area (Å²) in [5, 5.41) is 0. The second-order valence-corrected chi connectivity index (χ2v) is 4.96. The summed E-state index contributed by atoms with van der Waals surface area (Å²) in [6.07, 6.45) is 2.49. The molecule has 1 aromatic heterocycles. The van der Waals surface area contributed by atoms with Crippen LogP contribution in [0.3, 0.4) is 0 Å². The Morgan fingerprint density at radius 2 is 2.05 bits per heavy atom. The molecule has 0 saturated carbocycles. The molecular formula is C15H18N2OS. The van der Waals surface area contributed by atoms with Crippen LogP contribution in [0.5, 0.6) is 5.75 Å². The summed E-state index contributed by atoms with van der Waals surface area (Å²) in [6.45, 7) is 6.23. The highest BCUT2D eigenvalue weighted by Crippen LogP contribution is 2.35. The number of benzene rings is 1. The molecule has 100 valence electrons. The normalized spacial score (nSPS) is 10.5. The Kier molecular flexibility index (Phi) is 4.00. The third-order valence-electron chi connectivity index (χ3n) is 3.22. The summed E-state index contributed by atoms with van der Waals surface area (Å²) in [6, 6.07) is 4.19. The van der Waals surface area contributed by atoms with Crippen LogP contribution in [-0.4, -0.2) is 17.1 Å². The molecule has 1 heterocycles. The van der Waals surface area contributed by atoms with Crippen molar-refractivity contribution in [3.8, 4) is 17.0 Å². The van der Waals surface area contributed by atoms with Crippen LogP contribution in [0.25, 0.3) is 11.3 Å². The maximum Gasteiger partial charge on any atom is 0.133 e. The Labute approximate surface area is 118 Å². The van der Waals surface area contributed by atoms with Gasteiger partial charge < -0.3 is 9.72 Å². The van der Waals surface area contributed by atoms with Crippen LogP contribution in [0.4, 0.5) is 0 Å². The van der Waals surface area contributed by atoms with Crippen LogP contribution in [0, 0.1) is 18.5 Å². The molecule has 0 radical (unpaired) electrons. The predicted molar refractivity (Wildman–Crippen MR) is 80.3 cm³/mol. The number of hydrogen-bond donors (Lipinski definition) is 1. The fraction of sp³-hybridized carbons (Fsp3) is 0.333. The molecule has 0 saturated heterocycles. The van der Waals surface area contributed by atoms with Crippen LogP contribution in [-0.2, 0) is 6.42 Å². The number of ether oxygens (including phenoxy) is 1. The third-order valence-corrected chi connectivity index (χ3v) is 3.57. The van der Waals surface area contributed by atoms with Gasteiger partial charge in [0.05, 0.1) is 19.1 Å². The van der Waals surface area contributed by atoms with E-state index in [1.165, 1.54) is 11.1 Å². The first-order chi connectivity index (χ1) is 9.08. The minimum atomic E-state index is 0.651. The van der Waals surface area contributed by atoms with Gasteiger partial charge in [-0.3, -0.25) is 0 Å². The van der Waals surface area contributed by atoms with E-state index in [2.05, 4.69) is 36.8 Å². The monoisotopic (exact) mass is 274 g/mol. The van der Waals surface area contributed by atoms with Crippen molar-refractivity contribution in [2.75, 3.05) is 7.11 Å². The Bertz CT molecular complexity index is 662. The summed E-state index contributed by atoms with van der Waals surface area (Å²) >= 11 is 5.32. The number of rotatable bonds is 3. The van der Waals surface area contributed by atoms with E-state index in [1.54, 1.807) is 13.4 Å². The van der Waals surface area contributed by atoms with Gasteiger partial charge in [-0.05, 0) is 37.5 Å². The first kappa shape index (κ1) is 13.7. The summed E-state index contributed by atoms with van der Waals surface area (Å²) in [5.41, 5.74) is 5.49. The Morgan fingerprint density at radius 1 is 1.32 bits per heavy atom. The van der Waals surface area contributed by atoms with E-state index in [-0.39, 0.29) is 0 Å². The summed E-state index contributed by atoms with van der Waals surface area (Å²) in [5.74, 6) is 0.865. The number of H-pyrrole nitrogens is 1. The number of aromatic nitrogens is 2. The smallest absolute Gasteiger partial charge is 0.133 e. The van der Waals surface area contributed by atoms with Gasteiger partial charge in [-0.25, -0.2) is 4.98 Å². The quantitative estimate of drug-likeness (QED) is 0.860. The van der Waals surface area contributed by atoms with Gasteiger partial charge in [0.1, 0.15) is 10.4 Å². The fourth-order valence-corrected chi connectivity index (χ4v) is 2.69. The van der Waals surface area contributed by atoms with E-state index in [1.807, 2.05) is 6.07 Å². The molecule has 0 atom stereocenters. The molecule has 0 aliphatic carbocycles. The largest absolute Gasteiger partial charge is 0.496 e. The second-order valence-electron chi connectivity index (χ2n) is 4.57. The van der Waals surface area contributed by atoms with E-state index in [4.69, 9.17) is 17.0 Å². The second kappa shape index (κ2) is 5.53. The van der Waals surface area contributed by atoms with Crippen LogP contribution in [0.2, 0.25) is 0 Å². The fourth-order valence-electron chi connectivity index (χ4n) is 2.39. The highest BCUT2D eigenvalue weighted by molar-refractivity contribution is 7.71. The molecule has 1 N–H and O–H groups in total. The van der Waals surface area contributed by atoms with Gasteiger partial charge in [0.15, 0.2) is 0 Å². The molecule has 1 aromatic carbocycles. The lowest BCUT2D eigenvalue weighted by Crippen LogP contribution is -2.00. The highest BCUT2D eigenvalue weighted by atomic mass is 32.1. The molecule has 0 fully saturated rings. The maximum absolute atomic E-state index is 5.53. The average Bonchev–Trinajstić information content (AvgIpc) is 2.37. The van der Waals surface area contributed by atoms with Gasteiger partial charge in [0.2, 0.25) is 0 Å². The van der Waals surface area contributed by atoms with Crippen LogP contribution >= 0.6 is 12.2 Å². The van der Waals surface area contributed by atoms with Gasteiger partial charge in [-0.2, -0.15) is 0 Å². The zero-order valence-corrected chi connectivity index (χ0v) is 12.5. The van der Waals surface area contributed by atoms with Crippen molar-refractivity contribution >= 4 is 12.2 Å². The van der Waals surface area contributed by atoms with Crippen molar-refractivity contribution in [1.29, 1.82) is 0 Å². The van der Waals surface area contributed by atoms with Gasteiger partial charge in [0, 0.05) is 11.1 Å². The third kappa shape index (κ3) is 2.54. The van der Waals surface area contributed by atoms with E-state index in [9.17, 15) is 0 Å². The molecule has 0 aliphatic heterocycles. The average molecular weight is 274 g/mol. The molecule has 0 spiro atoms. The molecule has 2 aromatic rings. The van der Waals surface area contributed by atoms with Gasteiger partial charge in [0.25, 0.3) is 0 Å². The van der Waals surface area contributed by atoms with Crippen molar-refractivity contribution in [2.45, 2.75) is 27.2 Å². The van der Waals surface area contributed by atoms with Crippen molar-refractivity contribution in [1.82, 2.24) is 9.97 Å². The number of nitrogens with one attached hydrogen (secondary N) is 1. The molecule has 4 heteroatoms. The zero-order valence-electron chi connectivity index (χ0n) is 11.7. The molecule has 0 aliphatic rings. The predicted octanol–water partition coefficient (Wildman–Crippen LogP) is 3.99. The lowest BCUT2D eigenvalue weighted by molar-refractivity contribution is 0.415. The molecule has 3 nitrogen and oxygen atoms in total. The Morgan fingerprint density at radius 3 is 2.68 bits per heavy atom. The van der Waals surface area contributed by atoms with Crippen molar-refractivity contribution in [3.63, 3.8) is 0 Å². The van der Waals surface area contributed by atoms with Crippen molar-refractivity contribution in [2.24, 2.45) is 0 Å². The molecule has 0 unspecified atom stereocenters. The van der Waals surface area contributed by atoms with Gasteiger partial charge in [-0.1, -0.05) is 25.2 Å². The zero-order chi connectivity index (χ0) is 14.0. The molecular weight excluding hydrogens is 256 g/mol. The van der Waals surface area contributed by atoms with Crippen molar-refractivity contribution < 1.29 is 4.74 Å². The van der Waals surface area contributed by atoms with Gasteiger partial charge >= 0.3 is 0 Å².